The second-order valence-corrected chi connectivity index (χ2v) is 5.57. The molecule has 1 aromatic rings. The lowest BCUT2D eigenvalue weighted by Crippen LogP contribution is -2.25. The average molecular weight is 264 g/mol. The molecule has 0 fully saturated rings. The first kappa shape index (κ1) is 15.3. The molecule has 0 unspecified atom stereocenters. The van der Waals surface area contributed by atoms with Crippen molar-refractivity contribution in [1.29, 1.82) is 0 Å². The molecule has 0 aliphatic heterocycles. The highest BCUT2D eigenvalue weighted by Gasteiger charge is 2.09. The van der Waals surface area contributed by atoms with Gasteiger partial charge in [-0.15, -0.1) is 0 Å². The fourth-order valence-electron chi connectivity index (χ4n) is 1.53. The number of amides is 1. The Kier molecular flexibility index (Phi) is 5.67. The number of rotatable bonds is 5. The molecule has 0 atom stereocenters. The second kappa shape index (κ2) is 7.02. The van der Waals surface area contributed by atoms with Crippen LogP contribution in [0.3, 0.4) is 0 Å². The van der Waals surface area contributed by atoms with Crippen LogP contribution in [0.1, 0.15) is 40.5 Å². The van der Waals surface area contributed by atoms with Crippen LogP contribution in [-0.4, -0.2) is 18.2 Å². The zero-order chi connectivity index (χ0) is 14.3. The van der Waals surface area contributed by atoms with Gasteiger partial charge < -0.3 is 10.1 Å². The molecule has 0 spiro atoms. The van der Waals surface area contributed by atoms with Crippen LogP contribution in [0.2, 0.25) is 0 Å². The number of anilines is 2. The van der Waals surface area contributed by atoms with Crippen LogP contribution < -0.4 is 10.6 Å². The van der Waals surface area contributed by atoms with Gasteiger partial charge in [0.15, 0.2) is 0 Å². The molecule has 2 N–H and O–H groups in total. The molecule has 1 amide bonds. The van der Waals surface area contributed by atoms with Gasteiger partial charge in [0.1, 0.15) is 0 Å². The molecule has 4 nitrogen and oxygen atoms in total. The maximum Gasteiger partial charge on any atom is 0.411 e. The van der Waals surface area contributed by atoms with Gasteiger partial charge >= 0.3 is 6.09 Å². The number of unbranched alkanes of at least 4 members (excludes halogenated alkanes) is 1. The fourth-order valence-corrected chi connectivity index (χ4v) is 1.53. The summed E-state index contributed by atoms with van der Waals surface area (Å²) < 4.78 is 5.03. The predicted octanol–water partition coefficient (Wildman–Crippen LogP) is 4.25. The topological polar surface area (TPSA) is 50.4 Å². The molecular formula is C15H24N2O2. The quantitative estimate of drug-likeness (QED) is 0.782. The van der Waals surface area contributed by atoms with Crippen molar-refractivity contribution >= 4 is 17.5 Å². The molecule has 0 radical (unpaired) electrons. The van der Waals surface area contributed by atoms with E-state index in [1.807, 2.05) is 24.3 Å². The Bertz CT molecular complexity index is 394. The molecule has 0 saturated carbocycles. The first-order valence-electron chi connectivity index (χ1n) is 6.73. The van der Waals surface area contributed by atoms with E-state index in [1.54, 1.807) is 0 Å². The minimum Gasteiger partial charge on any atom is -0.449 e. The van der Waals surface area contributed by atoms with E-state index in [0.29, 0.717) is 6.61 Å². The molecule has 106 valence electrons. The van der Waals surface area contributed by atoms with Crippen molar-refractivity contribution in [3.05, 3.63) is 24.3 Å². The first-order valence-corrected chi connectivity index (χ1v) is 6.73. The van der Waals surface area contributed by atoms with E-state index in [2.05, 4.69) is 38.3 Å². The van der Waals surface area contributed by atoms with Gasteiger partial charge in [-0.25, -0.2) is 4.79 Å². The third-order valence-corrected chi connectivity index (χ3v) is 2.38. The molecule has 0 saturated heterocycles. The largest absolute Gasteiger partial charge is 0.449 e. The Morgan fingerprint density at radius 1 is 1.16 bits per heavy atom. The zero-order valence-electron chi connectivity index (χ0n) is 12.2. The summed E-state index contributed by atoms with van der Waals surface area (Å²) in [5, 5.41) is 6.06. The minimum atomic E-state index is -0.398. The third-order valence-electron chi connectivity index (χ3n) is 2.38. The lowest BCUT2D eigenvalue weighted by molar-refractivity contribution is 0.160. The van der Waals surface area contributed by atoms with Gasteiger partial charge in [-0.2, -0.15) is 0 Å². The summed E-state index contributed by atoms with van der Waals surface area (Å²) in [6, 6.07) is 7.59. The van der Waals surface area contributed by atoms with Crippen LogP contribution in [0.4, 0.5) is 16.2 Å². The monoisotopic (exact) mass is 264 g/mol. The normalized spacial score (nSPS) is 10.9. The number of hydrogen-bond acceptors (Lipinski definition) is 3. The summed E-state index contributed by atoms with van der Waals surface area (Å²) in [6.07, 6.45) is 1.51. The van der Waals surface area contributed by atoms with E-state index < -0.39 is 6.09 Å². The Morgan fingerprint density at radius 2 is 1.74 bits per heavy atom. The van der Waals surface area contributed by atoms with Crippen molar-refractivity contribution < 1.29 is 9.53 Å². The highest BCUT2D eigenvalue weighted by Crippen LogP contribution is 2.17. The van der Waals surface area contributed by atoms with Gasteiger partial charge in [0.2, 0.25) is 0 Å². The van der Waals surface area contributed by atoms with E-state index in [4.69, 9.17) is 4.74 Å². The summed E-state index contributed by atoms with van der Waals surface area (Å²) >= 11 is 0. The Morgan fingerprint density at radius 3 is 2.26 bits per heavy atom. The molecule has 0 bridgehead atoms. The lowest BCUT2D eigenvalue weighted by Gasteiger charge is -2.22. The van der Waals surface area contributed by atoms with Gasteiger partial charge in [0, 0.05) is 16.9 Å². The van der Waals surface area contributed by atoms with E-state index in [1.165, 1.54) is 0 Å². The highest BCUT2D eigenvalue weighted by molar-refractivity contribution is 5.84. The molecule has 1 aromatic carbocycles. The van der Waals surface area contributed by atoms with Gasteiger partial charge in [-0.3, -0.25) is 5.32 Å². The number of carbonyl (C=O) groups is 1. The van der Waals surface area contributed by atoms with Crippen molar-refractivity contribution in [2.45, 2.75) is 46.1 Å². The molecule has 0 aliphatic carbocycles. The fraction of sp³-hybridized carbons (Fsp3) is 0.533. The van der Waals surface area contributed by atoms with Crippen LogP contribution in [0.5, 0.6) is 0 Å². The van der Waals surface area contributed by atoms with Crippen LogP contribution >= 0.6 is 0 Å². The van der Waals surface area contributed by atoms with Crippen molar-refractivity contribution in [3.8, 4) is 0 Å². The van der Waals surface area contributed by atoms with Crippen molar-refractivity contribution in [2.24, 2.45) is 0 Å². The summed E-state index contributed by atoms with van der Waals surface area (Å²) in [5.74, 6) is 0. The maximum absolute atomic E-state index is 11.5. The molecule has 0 aromatic heterocycles. The minimum absolute atomic E-state index is 0.0219. The summed E-state index contributed by atoms with van der Waals surface area (Å²) in [6.45, 7) is 8.83. The van der Waals surface area contributed by atoms with Crippen molar-refractivity contribution in [3.63, 3.8) is 0 Å². The third kappa shape index (κ3) is 6.70. The number of carbonyl (C=O) groups excluding carboxylic acids is 1. The van der Waals surface area contributed by atoms with E-state index in [0.717, 1.165) is 24.2 Å². The standard InChI is InChI=1S/C15H24N2O2/c1-5-6-11-19-14(18)16-12-7-9-13(10-8-12)17-15(2,3)4/h7-10,17H,5-6,11H2,1-4H3,(H,16,18). The van der Waals surface area contributed by atoms with E-state index in [-0.39, 0.29) is 5.54 Å². The predicted molar refractivity (Wildman–Crippen MR) is 79.7 cm³/mol. The Hall–Kier alpha value is -1.71. The Labute approximate surface area is 115 Å². The second-order valence-electron chi connectivity index (χ2n) is 5.57. The number of ether oxygens (including phenoxy) is 1. The Balaban J connectivity index is 2.46. The highest BCUT2D eigenvalue weighted by atomic mass is 16.5. The molecule has 4 heteroatoms. The van der Waals surface area contributed by atoms with E-state index >= 15 is 0 Å². The zero-order valence-corrected chi connectivity index (χ0v) is 12.2. The molecular weight excluding hydrogens is 240 g/mol. The molecule has 19 heavy (non-hydrogen) atoms. The van der Waals surface area contributed by atoms with Gasteiger partial charge in [0.25, 0.3) is 0 Å². The molecule has 1 rings (SSSR count). The number of hydrogen-bond donors (Lipinski definition) is 2. The van der Waals surface area contributed by atoms with Gasteiger partial charge in [-0.05, 0) is 51.5 Å². The van der Waals surface area contributed by atoms with Crippen LogP contribution in [-0.2, 0) is 4.74 Å². The SMILES string of the molecule is CCCCOC(=O)Nc1ccc(NC(C)(C)C)cc1. The summed E-state index contributed by atoms with van der Waals surface area (Å²) in [4.78, 5) is 11.5. The van der Waals surface area contributed by atoms with Crippen LogP contribution in [0.25, 0.3) is 0 Å². The van der Waals surface area contributed by atoms with Crippen molar-refractivity contribution in [2.75, 3.05) is 17.2 Å². The van der Waals surface area contributed by atoms with Gasteiger partial charge in [0.05, 0.1) is 6.61 Å². The maximum atomic E-state index is 11.5. The van der Waals surface area contributed by atoms with Gasteiger partial charge in [-0.1, -0.05) is 13.3 Å². The number of benzene rings is 1. The van der Waals surface area contributed by atoms with Crippen molar-refractivity contribution in [1.82, 2.24) is 0 Å². The van der Waals surface area contributed by atoms with E-state index in [9.17, 15) is 4.79 Å². The van der Waals surface area contributed by atoms with Crippen LogP contribution in [0, 0.1) is 0 Å². The summed E-state index contributed by atoms with van der Waals surface area (Å²) in [7, 11) is 0. The number of nitrogens with one attached hydrogen (secondary N) is 2. The molecule has 0 heterocycles. The lowest BCUT2D eigenvalue weighted by atomic mass is 10.1. The summed E-state index contributed by atoms with van der Waals surface area (Å²) in [5.41, 5.74) is 1.78. The molecule has 0 aliphatic rings. The smallest absolute Gasteiger partial charge is 0.411 e. The van der Waals surface area contributed by atoms with Crippen LogP contribution in [0.15, 0.2) is 24.3 Å². The first-order chi connectivity index (χ1) is 8.90. The average Bonchev–Trinajstić information content (AvgIpc) is 2.30.